The molecule has 144 valence electrons. The molecular weight excluding hydrogens is 362 g/mol. The molecule has 4 rings (SSSR count). The van der Waals surface area contributed by atoms with E-state index in [0.29, 0.717) is 44.0 Å². The van der Waals surface area contributed by atoms with Gasteiger partial charge in [-0.3, -0.25) is 9.78 Å². The lowest BCUT2D eigenvalue weighted by atomic mass is 10.1. The molecular formula is C20H19N3O5. The maximum Gasteiger partial charge on any atom is 0.306 e. The minimum atomic E-state index is -0.237. The van der Waals surface area contributed by atoms with E-state index in [-0.39, 0.29) is 12.8 Å². The smallest absolute Gasteiger partial charge is 0.306 e. The average Bonchev–Trinajstić information content (AvgIpc) is 3.39. The Labute approximate surface area is 161 Å². The molecule has 3 aromatic rings. The fourth-order valence-corrected chi connectivity index (χ4v) is 2.79. The van der Waals surface area contributed by atoms with E-state index in [4.69, 9.17) is 18.7 Å². The van der Waals surface area contributed by atoms with E-state index in [1.165, 1.54) is 0 Å². The lowest BCUT2D eigenvalue weighted by molar-refractivity contribution is -0.143. The zero-order chi connectivity index (χ0) is 19.2. The van der Waals surface area contributed by atoms with Gasteiger partial charge in [0.1, 0.15) is 0 Å². The second-order valence-electron chi connectivity index (χ2n) is 6.27. The van der Waals surface area contributed by atoms with Gasteiger partial charge in [0, 0.05) is 30.8 Å². The summed E-state index contributed by atoms with van der Waals surface area (Å²) in [5.74, 6) is 2.23. The van der Waals surface area contributed by atoms with Gasteiger partial charge >= 0.3 is 5.97 Å². The summed E-state index contributed by atoms with van der Waals surface area (Å²) in [6.45, 7) is 0.551. The van der Waals surface area contributed by atoms with Crippen molar-refractivity contribution >= 4 is 5.97 Å². The van der Waals surface area contributed by atoms with Gasteiger partial charge in [-0.1, -0.05) is 11.2 Å². The average molecular weight is 381 g/mol. The summed E-state index contributed by atoms with van der Waals surface area (Å²) < 4.78 is 21.1. The summed E-state index contributed by atoms with van der Waals surface area (Å²) in [6.07, 6.45) is 5.42. The van der Waals surface area contributed by atoms with Crippen LogP contribution in [0.2, 0.25) is 0 Å². The van der Waals surface area contributed by atoms with Crippen molar-refractivity contribution in [1.82, 2.24) is 15.1 Å². The minimum absolute atomic E-state index is 0.237. The topological polar surface area (TPSA) is 96.6 Å². The van der Waals surface area contributed by atoms with E-state index in [9.17, 15) is 4.79 Å². The number of ether oxygens (including phenoxy) is 3. The number of carbonyl (C=O) groups is 1. The molecule has 0 saturated carbocycles. The fraction of sp³-hybridized carbons (Fsp3) is 0.300. The summed E-state index contributed by atoms with van der Waals surface area (Å²) in [4.78, 5) is 20.3. The fourth-order valence-electron chi connectivity index (χ4n) is 2.79. The van der Waals surface area contributed by atoms with Crippen molar-refractivity contribution < 1.29 is 23.5 Å². The monoisotopic (exact) mass is 381 g/mol. The molecule has 0 unspecified atom stereocenters. The minimum Gasteiger partial charge on any atom is -0.466 e. The van der Waals surface area contributed by atoms with Crippen molar-refractivity contribution in [2.75, 3.05) is 13.4 Å². The molecule has 1 aliphatic heterocycles. The van der Waals surface area contributed by atoms with Gasteiger partial charge in [-0.2, -0.15) is 4.98 Å². The number of fused-ring (bicyclic) bond motifs is 1. The van der Waals surface area contributed by atoms with Crippen LogP contribution in [-0.4, -0.2) is 34.5 Å². The third-order valence-corrected chi connectivity index (χ3v) is 4.24. The first-order valence-electron chi connectivity index (χ1n) is 9.05. The van der Waals surface area contributed by atoms with Crippen LogP contribution in [0, 0.1) is 0 Å². The van der Waals surface area contributed by atoms with Gasteiger partial charge < -0.3 is 18.7 Å². The molecule has 3 heterocycles. The number of aromatic nitrogens is 3. The molecule has 0 atom stereocenters. The van der Waals surface area contributed by atoms with E-state index in [2.05, 4.69) is 15.1 Å². The van der Waals surface area contributed by atoms with Crippen molar-refractivity contribution in [3.63, 3.8) is 0 Å². The van der Waals surface area contributed by atoms with Crippen molar-refractivity contribution in [3.8, 4) is 22.9 Å². The summed E-state index contributed by atoms with van der Waals surface area (Å²) in [7, 11) is 0. The van der Waals surface area contributed by atoms with E-state index < -0.39 is 0 Å². The Morgan fingerprint density at radius 2 is 2.07 bits per heavy atom. The predicted octanol–water partition coefficient (Wildman–Crippen LogP) is 2.97. The first-order valence-corrected chi connectivity index (χ1v) is 9.05. The van der Waals surface area contributed by atoms with Gasteiger partial charge in [-0.25, -0.2) is 0 Å². The standard InChI is InChI=1S/C20H19N3O5/c24-19(8-6-14-5-7-16-17(11-14)27-13-26-16)25-10-2-4-18-22-20(23-28-18)15-3-1-9-21-12-15/h1,3,5,7,9,11-12H,2,4,6,8,10,13H2. The number of esters is 1. The largest absolute Gasteiger partial charge is 0.466 e. The Balaban J connectivity index is 1.16. The normalized spacial score (nSPS) is 12.1. The second-order valence-corrected chi connectivity index (χ2v) is 6.27. The van der Waals surface area contributed by atoms with Gasteiger partial charge in [0.25, 0.3) is 0 Å². The maximum atomic E-state index is 11.9. The summed E-state index contributed by atoms with van der Waals surface area (Å²) in [5, 5.41) is 3.94. The van der Waals surface area contributed by atoms with Gasteiger partial charge in [-0.15, -0.1) is 0 Å². The predicted molar refractivity (Wildman–Crippen MR) is 97.7 cm³/mol. The number of benzene rings is 1. The first kappa shape index (κ1) is 18.0. The Hall–Kier alpha value is -3.42. The SMILES string of the molecule is O=C(CCc1ccc2c(c1)OCO2)OCCCc1nc(-c2cccnc2)no1. The van der Waals surface area contributed by atoms with Crippen LogP contribution in [0.25, 0.3) is 11.4 Å². The number of hydrogen-bond acceptors (Lipinski definition) is 8. The zero-order valence-electron chi connectivity index (χ0n) is 15.2. The number of rotatable bonds is 8. The van der Waals surface area contributed by atoms with Gasteiger partial charge in [0.2, 0.25) is 18.5 Å². The molecule has 0 amide bonds. The van der Waals surface area contributed by atoms with Crippen molar-refractivity contribution in [2.45, 2.75) is 25.7 Å². The van der Waals surface area contributed by atoms with Crippen LogP contribution in [0.5, 0.6) is 11.5 Å². The molecule has 1 aliphatic rings. The highest BCUT2D eigenvalue weighted by molar-refractivity contribution is 5.69. The summed E-state index contributed by atoms with van der Waals surface area (Å²) in [5.41, 5.74) is 1.81. The number of carbonyl (C=O) groups excluding carboxylic acids is 1. The van der Waals surface area contributed by atoms with Gasteiger partial charge in [0.05, 0.1) is 6.61 Å². The molecule has 8 heteroatoms. The second kappa shape index (κ2) is 8.51. The zero-order valence-corrected chi connectivity index (χ0v) is 15.2. The van der Waals surface area contributed by atoms with Crippen LogP contribution in [0.15, 0.2) is 47.2 Å². The van der Waals surface area contributed by atoms with Crippen LogP contribution >= 0.6 is 0 Å². The number of aryl methyl sites for hydroxylation is 2. The Morgan fingerprint density at radius 1 is 1.14 bits per heavy atom. The Morgan fingerprint density at radius 3 is 2.96 bits per heavy atom. The van der Waals surface area contributed by atoms with Crippen LogP contribution < -0.4 is 9.47 Å². The molecule has 0 bridgehead atoms. The van der Waals surface area contributed by atoms with Gasteiger partial charge in [-0.05, 0) is 42.7 Å². The highest BCUT2D eigenvalue weighted by Crippen LogP contribution is 2.32. The number of hydrogen-bond donors (Lipinski definition) is 0. The first-order chi connectivity index (χ1) is 13.8. The molecule has 1 aromatic carbocycles. The van der Waals surface area contributed by atoms with Crippen LogP contribution in [0.4, 0.5) is 0 Å². The molecule has 0 N–H and O–H groups in total. The Kier molecular flexibility index (Phi) is 5.46. The number of pyridine rings is 1. The van der Waals surface area contributed by atoms with Crippen LogP contribution in [0.1, 0.15) is 24.3 Å². The van der Waals surface area contributed by atoms with Crippen LogP contribution in [-0.2, 0) is 22.4 Å². The molecule has 0 aliphatic carbocycles. The molecule has 0 radical (unpaired) electrons. The maximum absolute atomic E-state index is 11.9. The highest BCUT2D eigenvalue weighted by Gasteiger charge is 2.14. The van der Waals surface area contributed by atoms with E-state index >= 15 is 0 Å². The lowest BCUT2D eigenvalue weighted by Crippen LogP contribution is -2.07. The summed E-state index contributed by atoms with van der Waals surface area (Å²) in [6, 6.07) is 9.35. The molecule has 0 spiro atoms. The van der Waals surface area contributed by atoms with Crippen molar-refractivity contribution in [1.29, 1.82) is 0 Å². The third-order valence-electron chi connectivity index (χ3n) is 4.24. The quantitative estimate of drug-likeness (QED) is 0.434. The molecule has 0 saturated heterocycles. The Bertz CT molecular complexity index is 942. The molecule has 2 aromatic heterocycles. The van der Waals surface area contributed by atoms with E-state index in [1.54, 1.807) is 12.4 Å². The van der Waals surface area contributed by atoms with E-state index in [1.807, 2.05) is 30.3 Å². The van der Waals surface area contributed by atoms with Crippen LogP contribution in [0.3, 0.4) is 0 Å². The van der Waals surface area contributed by atoms with E-state index in [0.717, 1.165) is 22.6 Å². The van der Waals surface area contributed by atoms with Gasteiger partial charge in [0.15, 0.2) is 11.5 Å². The lowest BCUT2D eigenvalue weighted by Gasteiger charge is -2.05. The summed E-state index contributed by atoms with van der Waals surface area (Å²) >= 11 is 0. The third kappa shape index (κ3) is 4.46. The molecule has 28 heavy (non-hydrogen) atoms. The molecule has 0 fully saturated rings. The number of nitrogens with zero attached hydrogens (tertiary/aromatic N) is 3. The highest BCUT2D eigenvalue weighted by atomic mass is 16.7. The molecule has 8 nitrogen and oxygen atoms in total. The van der Waals surface area contributed by atoms with Crippen molar-refractivity contribution in [3.05, 3.63) is 54.2 Å². The van der Waals surface area contributed by atoms with Crippen molar-refractivity contribution in [2.24, 2.45) is 0 Å².